The van der Waals surface area contributed by atoms with Crippen molar-refractivity contribution in [2.45, 2.75) is 64.7 Å². The number of benzene rings is 1. The highest BCUT2D eigenvalue weighted by Crippen LogP contribution is 2.23. The first-order valence-corrected chi connectivity index (χ1v) is 9.05. The van der Waals surface area contributed by atoms with Crippen molar-refractivity contribution in [3.8, 4) is 5.75 Å². The van der Waals surface area contributed by atoms with Gasteiger partial charge in [-0.1, -0.05) is 26.0 Å². The number of Topliss-reactive ketones (excluding diaryl/α,β-unsaturated/α-hetero) is 2. The normalized spacial score (nSPS) is 19.8. The van der Waals surface area contributed by atoms with Gasteiger partial charge in [-0.25, -0.2) is 0 Å². The van der Waals surface area contributed by atoms with Gasteiger partial charge in [0.1, 0.15) is 5.75 Å². The minimum atomic E-state index is -0.757. The average molecular weight is 361 g/mol. The van der Waals surface area contributed by atoms with E-state index in [9.17, 15) is 19.5 Å². The number of ketones is 2. The molecule has 6 nitrogen and oxygen atoms in total. The van der Waals surface area contributed by atoms with Gasteiger partial charge in [0.15, 0.2) is 23.8 Å². The van der Waals surface area contributed by atoms with Gasteiger partial charge >= 0.3 is 0 Å². The van der Waals surface area contributed by atoms with E-state index < -0.39 is 18.2 Å². The van der Waals surface area contributed by atoms with E-state index in [0.717, 1.165) is 12.0 Å². The predicted octanol–water partition coefficient (Wildman–Crippen LogP) is 2.17. The van der Waals surface area contributed by atoms with Gasteiger partial charge in [-0.15, -0.1) is 0 Å². The SMILES string of the molecule is CC(=O)[C@H]1OC1C(=O)N[C@@H](CC(C)C)C(=O)CCCc1ccc(O)cc1. The number of phenols is 1. The lowest BCUT2D eigenvalue weighted by atomic mass is 9.96. The van der Waals surface area contributed by atoms with Crippen LogP contribution in [0.25, 0.3) is 0 Å². The van der Waals surface area contributed by atoms with Crippen molar-refractivity contribution < 1.29 is 24.2 Å². The zero-order valence-electron chi connectivity index (χ0n) is 15.5. The summed E-state index contributed by atoms with van der Waals surface area (Å²) in [4.78, 5) is 36.0. The topological polar surface area (TPSA) is 96.0 Å². The number of phenolic OH excluding ortho intramolecular Hbond substituents is 1. The minimum absolute atomic E-state index is 0.00847. The van der Waals surface area contributed by atoms with Crippen molar-refractivity contribution in [1.82, 2.24) is 5.32 Å². The summed E-state index contributed by atoms with van der Waals surface area (Å²) in [6, 6.07) is 6.36. The van der Waals surface area contributed by atoms with Gasteiger partial charge in [0.25, 0.3) is 5.91 Å². The highest BCUT2D eigenvalue weighted by atomic mass is 16.6. The highest BCUT2D eigenvalue weighted by Gasteiger charge is 2.48. The summed E-state index contributed by atoms with van der Waals surface area (Å²) in [5.41, 5.74) is 1.05. The molecule has 0 bridgehead atoms. The Labute approximate surface area is 153 Å². The number of aryl methyl sites for hydroxylation is 1. The summed E-state index contributed by atoms with van der Waals surface area (Å²) in [6.07, 6.45) is 0.893. The van der Waals surface area contributed by atoms with E-state index in [4.69, 9.17) is 4.74 Å². The van der Waals surface area contributed by atoms with E-state index in [1.54, 1.807) is 12.1 Å². The standard InChI is InChI=1S/C20H27NO5/c1-12(2)11-16(21-20(25)19-18(26-19)13(3)22)17(24)6-4-5-14-7-9-15(23)10-8-14/h7-10,12,16,18-19,23H,4-6,11H2,1-3H3,(H,21,25)/t16-,18+,19?/m0/s1. The van der Waals surface area contributed by atoms with Crippen LogP contribution in [0.2, 0.25) is 0 Å². The fourth-order valence-electron chi connectivity index (χ4n) is 2.92. The summed E-state index contributed by atoms with van der Waals surface area (Å²) in [6.45, 7) is 5.38. The number of hydrogen-bond donors (Lipinski definition) is 2. The number of carbonyl (C=O) groups excluding carboxylic acids is 3. The summed E-state index contributed by atoms with van der Waals surface area (Å²) in [5.74, 6) is -0.0971. The van der Waals surface area contributed by atoms with Gasteiger partial charge in [-0.3, -0.25) is 14.4 Å². The van der Waals surface area contributed by atoms with E-state index in [1.165, 1.54) is 6.92 Å². The smallest absolute Gasteiger partial charge is 0.252 e. The number of hydrogen-bond acceptors (Lipinski definition) is 5. The molecule has 6 heteroatoms. The molecule has 1 unspecified atom stereocenters. The maximum atomic E-state index is 12.6. The second-order valence-electron chi connectivity index (χ2n) is 7.26. The third-order valence-corrected chi connectivity index (χ3v) is 4.39. The van der Waals surface area contributed by atoms with Gasteiger partial charge in [-0.2, -0.15) is 0 Å². The van der Waals surface area contributed by atoms with Gasteiger partial charge < -0.3 is 15.2 Å². The zero-order chi connectivity index (χ0) is 19.3. The summed E-state index contributed by atoms with van der Waals surface area (Å²) in [7, 11) is 0. The van der Waals surface area contributed by atoms with Gasteiger partial charge in [0.05, 0.1) is 6.04 Å². The summed E-state index contributed by atoms with van der Waals surface area (Å²) < 4.78 is 5.08. The lowest BCUT2D eigenvalue weighted by Gasteiger charge is -2.19. The molecule has 0 radical (unpaired) electrons. The Bertz CT molecular complexity index is 653. The predicted molar refractivity (Wildman–Crippen MR) is 96.8 cm³/mol. The fraction of sp³-hybridized carbons (Fsp3) is 0.550. The maximum absolute atomic E-state index is 12.6. The maximum Gasteiger partial charge on any atom is 0.252 e. The van der Waals surface area contributed by atoms with Gasteiger partial charge in [-0.05, 0) is 49.8 Å². The van der Waals surface area contributed by atoms with Crippen LogP contribution in [0, 0.1) is 5.92 Å². The molecule has 1 amide bonds. The Morgan fingerprint density at radius 1 is 1.15 bits per heavy atom. The number of amides is 1. The molecule has 0 spiro atoms. The zero-order valence-corrected chi connectivity index (χ0v) is 15.5. The molecule has 1 aliphatic rings. The molecule has 26 heavy (non-hydrogen) atoms. The van der Waals surface area contributed by atoms with Crippen LogP contribution in [0.4, 0.5) is 0 Å². The van der Waals surface area contributed by atoms with Crippen LogP contribution in [-0.4, -0.2) is 40.8 Å². The lowest BCUT2D eigenvalue weighted by Crippen LogP contribution is -2.44. The second kappa shape index (κ2) is 8.94. The molecule has 1 aliphatic heterocycles. The van der Waals surface area contributed by atoms with E-state index >= 15 is 0 Å². The van der Waals surface area contributed by atoms with Crippen LogP contribution >= 0.6 is 0 Å². The monoisotopic (exact) mass is 361 g/mol. The molecule has 142 valence electrons. The summed E-state index contributed by atoms with van der Waals surface area (Å²) >= 11 is 0. The molecule has 1 heterocycles. The van der Waals surface area contributed by atoms with Crippen LogP contribution in [-0.2, 0) is 25.5 Å². The van der Waals surface area contributed by atoms with Crippen LogP contribution in [0.3, 0.4) is 0 Å². The van der Waals surface area contributed by atoms with Crippen molar-refractivity contribution in [2.24, 2.45) is 5.92 Å². The Hall–Kier alpha value is -2.21. The van der Waals surface area contributed by atoms with Crippen molar-refractivity contribution in [3.63, 3.8) is 0 Å². The molecular formula is C20H27NO5. The Balaban J connectivity index is 1.84. The molecular weight excluding hydrogens is 334 g/mol. The molecule has 1 aromatic rings. The van der Waals surface area contributed by atoms with E-state index in [-0.39, 0.29) is 29.1 Å². The number of nitrogens with one attached hydrogen (secondary N) is 1. The molecule has 0 aliphatic carbocycles. The van der Waals surface area contributed by atoms with Crippen molar-refractivity contribution >= 4 is 17.5 Å². The van der Waals surface area contributed by atoms with Gasteiger partial charge in [0, 0.05) is 6.42 Å². The quantitative estimate of drug-likeness (QED) is 0.623. The fourth-order valence-corrected chi connectivity index (χ4v) is 2.92. The van der Waals surface area contributed by atoms with Crippen LogP contribution in [0.5, 0.6) is 5.75 Å². The third kappa shape index (κ3) is 5.95. The second-order valence-corrected chi connectivity index (χ2v) is 7.26. The summed E-state index contributed by atoms with van der Waals surface area (Å²) in [5, 5.41) is 12.0. The molecule has 0 saturated carbocycles. The lowest BCUT2D eigenvalue weighted by molar-refractivity contribution is -0.129. The molecule has 1 aromatic carbocycles. The van der Waals surface area contributed by atoms with E-state index in [2.05, 4.69) is 5.32 Å². The Kier molecular flexibility index (Phi) is 6.91. The molecule has 3 atom stereocenters. The molecule has 2 N–H and O–H groups in total. The number of rotatable bonds is 10. The number of carbonyl (C=O) groups is 3. The first kappa shape index (κ1) is 20.1. The van der Waals surface area contributed by atoms with Crippen molar-refractivity contribution in [2.75, 3.05) is 0 Å². The Morgan fingerprint density at radius 2 is 1.81 bits per heavy atom. The number of aromatic hydroxyl groups is 1. The molecule has 0 aromatic heterocycles. The Morgan fingerprint density at radius 3 is 2.35 bits per heavy atom. The van der Waals surface area contributed by atoms with Crippen LogP contribution in [0.1, 0.15) is 45.6 Å². The minimum Gasteiger partial charge on any atom is -0.508 e. The van der Waals surface area contributed by atoms with Crippen LogP contribution < -0.4 is 5.32 Å². The molecule has 1 fully saturated rings. The third-order valence-electron chi connectivity index (χ3n) is 4.39. The van der Waals surface area contributed by atoms with Gasteiger partial charge in [0.2, 0.25) is 0 Å². The average Bonchev–Trinajstić information content (AvgIpc) is 3.36. The number of ether oxygens (including phenoxy) is 1. The van der Waals surface area contributed by atoms with E-state index in [1.807, 2.05) is 26.0 Å². The largest absolute Gasteiger partial charge is 0.508 e. The molecule has 1 saturated heterocycles. The first-order valence-electron chi connectivity index (χ1n) is 9.05. The van der Waals surface area contributed by atoms with Crippen LogP contribution in [0.15, 0.2) is 24.3 Å². The van der Waals surface area contributed by atoms with Crippen molar-refractivity contribution in [1.29, 1.82) is 0 Å². The molecule has 2 rings (SSSR count). The first-order chi connectivity index (χ1) is 12.3. The van der Waals surface area contributed by atoms with E-state index in [0.29, 0.717) is 19.3 Å². The van der Waals surface area contributed by atoms with Crippen molar-refractivity contribution in [3.05, 3.63) is 29.8 Å². The number of epoxide rings is 1. The highest BCUT2D eigenvalue weighted by molar-refractivity contribution is 5.97.